The molecule has 0 radical (unpaired) electrons. The molecule has 3 aromatic rings. The van der Waals surface area contributed by atoms with Crippen molar-refractivity contribution >= 4 is 37.4 Å². The highest BCUT2D eigenvalue weighted by Crippen LogP contribution is 2.33. The molecule has 0 bridgehead atoms. The van der Waals surface area contributed by atoms with Gasteiger partial charge in [0.25, 0.3) is 0 Å². The summed E-state index contributed by atoms with van der Waals surface area (Å²) in [6.45, 7) is 8.36. The molecule has 0 amide bonds. The van der Waals surface area contributed by atoms with Gasteiger partial charge in [-0.25, -0.2) is 9.50 Å². The molecule has 6 heteroatoms. The topological polar surface area (TPSA) is 33.4 Å². The van der Waals surface area contributed by atoms with Crippen LogP contribution in [0.25, 0.3) is 4.96 Å². The Balaban J connectivity index is 1.64. The third kappa shape index (κ3) is 2.34. The number of imidazole rings is 1. The van der Waals surface area contributed by atoms with E-state index in [4.69, 9.17) is 10.1 Å². The molecule has 1 aromatic carbocycles. The number of fused-ring (bicyclic) bond motifs is 2. The molecular formula is C16H17BrN4S. The number of halogens is 1. The summed E-state index contributed by atoms with van der Waals surface area (Å²) < 4.78 is 3.05. The molecule has 0 aliphatic carbocycles. The molecule has 3 heterocycles. The zero-order valence-electron chi connectivity index (χ0n) is 12.8. The second kappa shape index (κ2) is 4.80. The average Bonchev–Trinajstić information content (AvgIpc) is 3.07. The first kappa shape index (κ1) is 14.2. The Morgan fingerprint density at radius 1 is 1.18 bits per heavy atom. The van der Waals surface area contributed by atoms with E-state index < -0.39 is 0 Å². The van der Waals surface area contributed by atoms with E-state index in [1.54, 1.807) is 11.3 Å². The lowest BCUT2D eigenvalue weighted by Crippen LogP contribution is -2.14. The fourth-order valence-electron chi connectivity index (χ4n) is 2.68. The van der Waals surface area contributed by atoms with E-state index in [2.05, 4.69) is 66.0 Å². The van der Waals surface area contributed by atoms with Crippen LogP contribution in [0.1, 0.15) is 37.6 Å². The van der Waals surface area contributed by atoms with E-state index in [-0.39, 0.29) is 5.41 Å². The Kier molecular flexibility index (Phi) is 3.10. The van der Waals surface area contributed by atoms with E-state index in [0.29, 0.717) is 0 Å². The monoisotopic (exact) mass is 376 g/mol. The van der Waals surface area contributed by atoms with Crippen LogP contribution in [0.15, 0.2) is 28.9 Å². The summed E-state index contributed by atoms with van der Waals surface area (Å²) in [5, 5.41) is 5.76. The van der Waals surface area contributed by atoms with Crippen LogP contribution in [0.2, 0.25) is 0 Å². The Hall–Kier alpha value is -1.40. The van der Waals surface area contributed by atoms with Crippen molar-refractivity contribution in [3.8, 4) is 0 Å². The van der Waals surface area contributed by atoms with Crippen LogP contribution in [-0.4, -0.2) is 14.6 Å². The Morgan fingerprint density at radius 2 is 1.95 bits per heavy atom. The molecular weight excluding hydrogens is 360 g/mol. The standard InChI is InChI=1S/C16H17BrN4S/c1-16(2,3)13-9-21-14(18-13)22-15(19-21)20-7-10-4-5-12(17)6-11(10)8-20/h4-6,9H,7-8H2,1-3H3. The van der Waals surface area contributed by atoms with Gasteiger partial charge in [-0.1, -0.05) is 54.1 Å². The lowest BCUT2D eigenvalue weighted by Gasteiger charge is -2.14. The van der Waals surface area contributed by atoms with E-state index in [1.165, 1.54) is 11.1 Å². The molecule has 114 valence electrons. The first-order valence-corrected chi connectivity index (χ1v) is 8.90. The van der Waals surface area contributed by atoms with Crippen molar-refractivity contribution in [1.82, 2.24) is 14.6 Å². The molecule has 0 N–H and O–H groups in total. The normalized spacial score (nSPS) is 14.8. The minimum atomic E-state index is 0.0593. The number of benzene rings is 1. The van der Waals surface area contributed by atoms with Gasteiger partial charge in [-0.3, -0.25) is 0 Å². The smallest absolute Gasteiger partial charge is 0.214 e. The maximum Gasteiger partial charge on any atom is 0.214 e. The second-order valence-corrected chi connectivity index (χ2v) is 8.61. The van der Waals surface area contributed by atoms with E-state index in [1.807, 2.05) is 4.52 Å². The number of hydrogen-bond acceptors (Lipinski definition) is 4. The summed E-state index contributed by atoms with van der Waals surface area (Å²) in [5.74, 6) is 0. The zero-order chi connectivity index (χ0) is 15.5. The van der Waals surface area contributed by atoms with E-state index in [0.717, 1.165) is 33.3 Å². The number of anilines is 1. The fraction of sp³-hybridized carbons (Fsp3) is 0.375. The van der Waals surface area contributed by atoms with Crippen molar-refractivity contribution in [2.75, 3.05) is 4.90 Å². The van der Waals surface area contributed by atoms with Gasteiger partial charge in [-0.15, -0.1) is 5.10 Å². The van der Waals surface area contributed by atoms with Gasteiger partial charge < -0.3 is 4.90 Å². The highest BCUT2D eigenvalue weighted by molar-refractivity contribution is 9.10. The van der Waals surface area contributed by atoms with Crippen molar-refractivity contribution in [3.63, 3.8) is 0 Å². The molecule has 2 aromatic heterocycles. The summed E-state index contributed by atoms with van der Waals surface area (Å²) in [5.41, 5.74) is 3.90. The van der Waals surface area contributed by atoms with Gasteiger partial charge in [-0.2, -0.15) is 0 Å². The summed E-state index contributed by atoms with van der Waals surface area (Å²) >= 11 is 5.21. The third-order valence-electron chi connectivity index (χ3n) is 3.96. The van der Waals surface area contributed by atoms with E-state index >= 15 is 0 Å². The minimum Gasteiger partial charge on any atom is -0.338 e. The quantitative estimate of drug-likeness (QED) is 0.632. The number of rotatable bonds is 1. The predicted octanol–water partition coefficient (Wildman–Crippen LogP) is 4.37. The third-order valence-corrected chi connectivity index (χ3v) is 5.44. The van der Waals surface area contributed by atoms with Crippen LogP contribution < -0.4 is 4.90 Å². The van der Waals surface area contributed by atoms with Crippen molar-refractivity contribution in [1.29, 1.82) is 0 Å². The van der Waals surface area contributed by atoms with Crippen molar-refractivity contribution in [3.05, 3.63) is 45.7 Å². The average molecular weight is 377 g/mol. The first-order chi connectivity index (χ1) is 10.4. The summed E-state index contributed by atoms with van der Waals surface area (Å²) in [7, 11) is 0. The fourth-order valence-corrected chi connectivity index (χ4v) is 3.97. The Bertz CT molecular complexity index is 827. The number of nitrogens with zero attached hydrogens (tertiary/aromatic N) is 4. The van der Waals surface area contributed by atoms with Gasteiger partial charge in [0.1, 0.15) is 0 Å². The van der Waals surface area contributed by atoms with Crippen molar-refractivity contribution in [2.45, 2.75) is 39.3 Å². The lowest BCUT2D eigenvalue weighted by atomic mass is 9.93. The first-order valence-electron chi connectivity index (χ1n) is 7.29. The van der Waals surface area contributed by atoms with Gasteiger partial charge in [-0.05, 0) is 23.3 Å². The summed E-state index contributed by atoms with van der Waals surface area (Å²) in [6.07, 6.45) is 2.05. The maximum atomic E-state index is 4.72. The second-order valence-electron chi connectivity index (χ2n) is 6.76. The molecule has 0 fully saturated rings. The van der Waals surface area contributed by atoms with Crippen molar-refractivity contribution in [2.24, 2.45) is 0 Å². The lowest BCUT2D eigenvalue weighted by molar-refractivity contribution is 0.572. The molecule has 0 saturated carbocycles. The van der Waals surface area contributed by atoms with Gasteiger partial charge in [0.2, 0.25) is 10.1 Å². The van der Waals surface area contributed by atoms with Gasteiger partial charge in [0.05, 0.1) is 11.9 Å². The molecule has 22 heavy (non-hydrogen) atoms. The molecule has 0 spiro atoms. The molecule has 4 nitrogen and oxygen atoms in total. The Labute approximate surface area is 141 Å². The summed E-state index contributed by atoms with van der Waals surface area (Å²) in [6, 6.07) is 6.49. The molecule has 0 atom stereocenters. The maximum absolute atomic E-state index is 4.72. The van der Waals surface area contributed by atoms with E-state index in [9.17, 15) is 0 Å². The molecule has 1 aliphatic heterocycles. The highest BCUT2D eigenvalue weighted by atomic mass is 79.9. The zero-order valence-corrected chi connectivity index (χ0v) is 15.2. The van der Waals surface area contributed by atoms with Crippen LogP contribution in [0, 0.1) is 0 Å². The predicted molar refractivity (Wildman–Crippen MR) is 93.6 cm³/mol. The number of hydrogen-bond donors (Lipinski definition) is 0. The van der Waals surface area contributed by atoms with Crippen LogP contribution in [-0.2, 0) is 18.5 Å². The van der Waals surface area contributed by atoms with Crippen LogP contribution >= 0.6 is 27.3 Å². The SMILES string of the molecule is CC(C)(C)c1cn2nc(N3Cc4ccc(Br)cc4C3)sc2n1. The minimum absolute atomic E-state index is 0.0593. The van der Waals surface area contributed by atoms with Crippen LogP contribution in [0.4, 0.5) is 5.13 Å². The highest BCUT2D eigenvalue weighted by Gasteiger charge is 2.24. The van der Waals surface area contributed by atoms with Gasteiger partial charge >= 0.3 is 0 Å². The number of aromatic nitrogens is 3. The Morgan fingerprint density at radius 3 is 2.68 bits per heavy atom. The molecule has 0 saturated heterocycles. The van der Waals surface area contributed by atoms with Gasteiger partial charge in [0, 0.05) is 23.0 Å². The van der Waals surface area contributed by atoms with Crippen molar-refractivity contribution < 1.29 is 0 Å². The largest absolute Gasteiger partial charge is 0.338 e. The molecule has 0 unspecified atom stereocenters. The van der Waals surface area contributed by atoms with Crippen LogP contribution in [0.5, 0.6) is 0 Å². The molecule has 4 rings (SSSR count). The van der Waals surface area contributed by atoms with Crippen LogP contribution in [0.3, 0.4) is 0 Å². The van der Waals surface area contributed by atoms with Gasteiger partial charge in [0.15, 0.2) is 0 Å². The molecule has 1 aliphatic rings. The summed E-state index contributed by atoms with van der Waals surface area (Å²) in [4.78, 5) is 8.01.